The molecule has 0 saturated carbocycles. The highest BCUT2D eigenvalue weighted by Gasteiger charge is 2.05. The van der Waals surface area contributed by atoms with E-state index in [-0.39, 0.29) is 24.5 Å². The molecule has 0 bridgehead atoms. The molecule has 1 rings (SSSR count). The average molecular weight is 264 g/mol. The first-order chi connectivity index (χ1) is 9.02. The standard InChI is InChI=1S/C14H20N2O3/c1-10(2)19-9-13(17)16-8-11-4-6-12(7-5-11)14(18)15-3/h4-7,10H,8-9H2,1-3H3,(H,15,18)(H,16,17). The van der Waals surface area contributed by atoms with E-state index in [9.17, 15) is 9.59 Å². The number of carbonyl (C=O) groups excluding carboxylic acids is 2. The van der Waals surface area contributed by atoms with Crippen LogP contribution in [0.4, 0.5) is 0 Å². The molecule has 1 aromatic rings. The Morgan fingerprint density at radius 1 is 1.21 bits per heavy atom. The maximum absolute atomic E-state index is 11.4. The molecule has 0 fully saturated rings. The minimum absolute atomic E-state index is 0.0394. The lowest BCUT2D eigenvalue weighted by Gasteiger charge is -2.08. The van der Waals surface area contributed by atoms with E-state index in [0.29, 0.717) is 12.1 Å². The van der Waals surface area contributed by atoms with E-state index in [1.54, 1.807) is 19.2 Å². The van der Waals surface area contributed by atoms with Gasteiger partial charge in [-0.25, -0.2) is 0 Å². The van der Waals surface area contributed by atoms with Gasteiger partial charge < -0.3 is 15.4 Å². The largest absolute Gasteiger partial charge is 0.369 e. The summed E-state index contributed by atoms with van der Waals surface area (Å²) < 4.78 is 5.19. The summed E-state index contributed by atoms with van der Waals surface area (Å²) in [6.07, 6.45) is 0.0394. The van der Waals surface area contributed by atoms with Gasteiger partial charge in [0, 0.05) is 19.2 Å². The fourth-order valence-electron chi connectivity index (χ4n) is 1.41. The molecule has 1 aromatic carbocycles. The van der Waals surface area contributed by atoms with Crippen molar-refractivity contribution in [3.8, 4) is 0 Å². The van der Waals surface area contributed by atoms with E-state index in [2.05, 4.69) is 10.6 Å². The van der Waals surface area contributed by atoms with Crippen LogP contribution >= 0.6 is 0 Å². The molecule has 2 amide bonds. The fourth-order valence-corrected chi connectivity index (χ4v) is 1.41. The van der Waals surface area contributed by atoms with Crippen LogP contribution in [0.2, 0.25) is 0 Å². The summed E-state index contributed by atoms with van der Waals surface area (Å²) in [6.45, 7) is 4.25. The predicted octanol–water partition coefficient (Wildman–Crippen LogP) is 1.09. The molecular weight excluding hydrogens is 244 g/mol. The van der Waals surface area contributed by atoms with Crippen LogP contribution < -0.4 is 10.6 Å². The SMILES string of the molecule is CNC(=O)c1ccc(CNC(=O)COC(C)C)cc1. The number of ether oxygens (including phenoxy) is 1. The summed E-state index contributed by atoms with van der Waals surface area (Å²) >= 11 is 0. The van der Waals surface area contributed by atoms with Crippen molar-refractivity contribution in [2.24, 2.45) is 0 Å². The Kier molecular flexibility index (Phi) is 6.02. The van der Waals surface area contributed by atoms with E-state index in [0.717, 1.165) is 5.56 Å². The van der Waals surface area contributed by atoms with Gasteiger partial charge in [0.05, 0.1) is 6.10 Å². The second kappa shape index (κ2) is 7.53. The third-order valence-electron chi connectivity index (χ3n) is 2.48. The van der Waals surface area contributed by atoms with Crippen LogP contribution in [-0.4, -0.2) is 31.6 Å². The van der Waals surface area contributed by atoms with Gasteiger partial charge in [0.15, 0.2) is 0 Å². The first-order valence-corrected chi connectivity index (χ1v) is 6.22. The molecule has 0 aliphatic carbocycles. The van der Waals surface area contributed by atoms with Crippen LogP contribution in [0, 0.1) is 0 Å². The Morgan fingerprint density at radius 2 is 1.84 bits per heavy atom. The second-order valence-corrected chi connectivity index (χ2v) is 4.41. The van der Waals surface area contributed by atoms with Crippen molar-refractivity contribution in [3.63, 3.8) is 0 Å². The van der Waals surface area contributed by atoms with E-state index in [1.165, 1.54) is 0 Å². The minimum atomic E-state index is -0.149. The molecule has 0 aromatic heterocycles. The summed E-state index contributed by atoms with van der Waals surface area (Å²) in [5.74, 6) is -0.273. The van der Waals surface area contributed by atoms with Crippen LogP contribution in [0.5, 0.6) is 0 Å². The Balaban J connectivity index is 2.41. The van der Waals surface area contributed by atoms with Gasteiger partial charge in [0.2, 0.25) is 5.91 Å². The van der Waals surface area contributed by atoms with Gasteiger partial charge in [0.1, 0.15) is 6.61 Å². The zero-order valence-corrected chi connectivity index (χ0v) is 11.5. The average Bonchev–Trinajstić information content (AvgIpc) is 2.42. The highest BCUT2D eigenvalue weighted by molar-refractivity contribution is 5.93. The normalized spacial score (nSPS) is 10.3. The smallest absolute Gasteiger partial charge is 0.251 e. The van der Waals surface area contributed by atoms with Gasteiger partial charge in [-0.3, -0.25) is 9.59 Å². The lowest BCUT2D eigenvalue weighted by atomic mass is 10.1. The molecule has 2 N–H and O–H groups in total. The van der Waals surface area contributed by atoms with Crippen LogP contribution in [0.3, 0.4) is 0 Å². The number of carbonyl (C=O) groups is 2. The highest BCUT2D eigenvalue weighted by atomic mass is 16.5. The topological polar surface area (TPSA) is 67.4 Å². The summed E-state index contributed by atoms with van der Waals surface area (Å²) in [5.41, 5.74) is 1.53. The van der Waals surface area contributed by atoms with Crippen LogP contribution in [0.25, 0.3) is 0 Å². The first-order valence-electron chi connectivity index (χ1n) is 6.22. The zero-order chi connectivity index (χ0) is 14.3. The van der Waals surface area contributed by atoms with Gasteiger partial charge in [-0.1, -0.05) is 12.1 Å². The minimum Gasteiger partial charge on any atom is -0.369 e. The Morgan fingerprint density at radius 3 is 2.37 bits per heavy atom. The third-order valence-corrected chi connectivity index (χ3v) is 2.48. The summed E-state index contributed by atoms with van der Waals surface area (Å²) in [5, 5.41) is 5.31. The van der Waals surface area contributed by atoms with Crippen molar-refractivity contribution >= 4 is 11.8 Å². The van der Waals surface area contributed by atoms with Crippen LogP contribution in [-0.2, 0) is 16.1 Å². The van der Waals surface area contributed by atoms with Crippen molar-refractivity contribution in [2.45, 2.75) is 26.5 Å². The summed E-state index contributed by atoms with van der Waals surface area (Å²) in [7, 11) is 1.59. The Labute approximate surface area is 113 Å². The fraction of sp³-hybridized carbons (Fsp3) is 0.429. The van der Waals surface area contributed by atoms with Gasteiger partial charge in [0.25, 0.3) is 5.91 Å². The van der Waals surface area contributed by atoms with Crippen molar-refractivity contribution in [3.05, 3.63) is 35.4 Å². The molecule has 5 heteroatoms. The molecule has 0 aliphatic rings. The van der Waals surface area contributed by atoms with Gasteiger partial charge in [-0.05, 0) is 31.5 Å². The molecule has 0 spiro atoms. The van der Waals surface area contributed by atoms with Crippen molar-refractivity contribution < 1.29 is 14.3 Å². The van der Waals surface area contributed by atoms with E-state index in [4.69, 9.17) is 4.74 Å². The number of benzene rings is 1. The van der Waals surface area contributed by atoms with Crippen LogP contribution in [0.1, 0.15) is 29.8 Å². The monoisotopic (exact) mass is 264 g/mol. The summed E-state index contributed by atoms with van der Waals surface area (Å²) in [6, 6.07) is 7.08. The van der Waals surface area contributed by atoms with Gasteiger partial charge in [-0.15, -0.1) is 0 Å². The third kappa shape index (κ3) is 5.52. The number of nitrogens with one attached hydrogen (secondary N) is 2. The number of rotatable bonds is 6. The van der Waals surface area contributed by atoms with E-state index < -0.39 is 0 Å². The van der Waals surface area contributed by atoms with Gasteiger partial charge >= 0.3 is 0 Å². The molecule has 5 nitrogen and oxygen atoms in total. The van der Waals surface area contributed by atoms with E-state index >= 15 is 0 Å². The number of hydrogen-bond donors (Lipinski definition) is 2. The van der Waals surface area contributed by atoms with Crippen LogP contribution in [0.15, 0.2) is 24.3 Å². The Hall–Kier alpha value is -1.88. The molecule has 0 unspecified atom stereocenters. The quantitative estimate of drug-likeness (QED) is 0.808. The van der Waals surface area contributed by atoms with Gasteiger partial charge in [-0.2, -0.15) is 0 Å². The molecule has 104 valence electrons. The maximum Gasteiger partial charge on any atom is 0.251 e. The Bertz CT molecular complexity index is 427. The zero-order valence-electron chi connectivity index (χ0n) is 11.5. The second-order valence-electron chi connectivity index (χ2n) is 4.41. The van der Waals surface area contributed by atoms with Crippen molar-refractivity contribution in [1.82, 2.24) is 10.6 Å². The first kappa shape index (κ1) is 15.2. The lowest BCUT2D eigenvalue weighted by molar-refractivity contribution is -0.127. The molecule has 0 saturated heterocycles. The number of amides is 2. The maximum atomic E-state index is 11.4. The highest BCUT2D eigenvalue weighted by Crippen LogP contribution is 2.04. The number of hydrogen-bond acceptors (Lipinski definition) is 3. The molecule has 0 atom stereocenters. The van der Waals surface area contributed by atoms with E-state index in [1.807, 2.05) is 26.0 Å². The molecule has 19 heavy (non-hydrogen) atoms. The summed E-state index contributed by atoms with van der Waals surface area (Å²) in [4.78, 5) is 22.8. The predicted molar refractivity (Wildman–Crippen MR) is 72.8 cm³/mol. The molecular formula is C14H20N2O3. The molecule has 0 radical (unpaired) electrons. The molecule has 0 aliphatic heterocycles. The van der Waals surface area contributed by atoms with Crippen molar-refractivity contribution in [2.75, 3.05) is 13.7 Å². The molecule has 0 heterocycles. The van der Waals surface area contributed by atoms with Crippen molar-refractivity contribution in [1.29, 1.82) is 0 Å². The lowest BCUT2D eigenvalue weighted by Crippen LogP contribution is -2.28.